The van der Waals surface area contributed by atoms with Crippen molar-refractivity contribution in [1.29, 1.82) is 0 Å². The fourth-order valence-corrected chi connectivity index (χ4v) is 3.65. The van der Waals surface area contributed by atoms with Gasteiger partial charge in [-0.05, 0) is 54.7 Å². The molecule has 0 heterocycles. The highest BCUT2D eigenvalue weighted by molar-refractivity contribution is 5.46. The Bertz CT molecular complexity index is 404. The Morgan fingerprint density at radius 3 is 2.35 bits per heavy atom. The van der Waals surface area contributed by atoms with Crippen LogP contribution in [0.1, 0.15) is 65.4 Å². The minimum Gasteiger partial charge on any atom is -0.382 e. The quantitative estimate of drug-likeness (QED) is 0.660. The van der Waals surface area contributed by atoms with E-state index in [0.29, 0.717) is 11.5 Å². The summed E-state index contributed by atoms with van der Waals surface area (Å²) in [6.07, 6.45) is 7.80. The number of hydrogen-bond donors (Lipinski definition) is 1. The Kier molecular flexibility index (Phi) is 5.12. The minimum absolute atomic E-state index is 0.497. The molecular weight excluding hydrogens is 242 g/mol. The molecule has 0 aliphatic heterocycles. The molecule has 2 unspecified atom stereocenters. The highest BCUT2D eigenvalue weighted by Crippen LogP contribution is 2.42. The third-order valence-electron chi connectivity index (χ3n) is 4.71. The van der Waals surface area contributed by atoms with Gasteiger partial charge in [-0.3, -0.25) is 0 Å². The molecule has 0 amide bonds. The van der Waals surface area contributed by atoms with E-state index in [1.165, 1.54) is 49.8 Å². The summed E-state index contributed by atoms with van der Waals surface area (Å²) in [5, 5.41) is 3.74. The van der Waals surface area contributed by atoms with E-state index in [1.807, 2.05) is 0 Å². The van der Waals surface area contributed by atoms with E-state index in [2.05, 4.69) is 57.3 Å². The minimum atomic E-state index is 0.497. The van der Waals surface area contributed by atoms with Gasteiger partial charge in [0.25, 0.3) is 0 Å². The zero-order chi connectivity index (χ0) is 14.6. The number of anilines is 1. The van der Waals surface area contributed by atoms with E-state index in [0.717, 1.165) is 5.92 Å². The van der Waals surface area contributed by atoms with Crippen LogP contribution >= 0.6 is 0 Å². The molecule has 1 fully saturated rings. The Morgan fingerprint density at radius 2 is 1.80 bits per heavy atom. The van der Waals surface area contributed by atoms with E-state index in [-0.39, 0.29) is 0 Å². The summed E-state index contributed by atoms with van der Waals surface area (Å²) < 4.78 is 0. The first-order chi connectivity index (χ1) is 9.50. The van der Waals surface area contributed by atoms with Crippen LogP contribution < -0.4 is 5.32 Å². The highest BCUT2D eigenvalue weighted by Gasteiger charge is 2.36. The summed E-state index contributed by atoms with van der Waals surface area (Å²) in [4.78, 5) is 0. The molecule has 1 heteroatoms. The number of unbranched alkanes of at least 4 members (excludes halogenated alkanes) is 2. The molecule has 1 aromatic carbocycles. The number of rotatable bonds is 6. The molecule has 1 N–H and O–H groups in total. The van der Waals surface area contributed by atoms with Crippen LogP contribution in [0.25, 0.3) is 0 Å². The molecular formula is C19H31N. The molecule has 1 nitrogen and oxygen atoms in total. The number of hydrogen-bond acceptors (Lipinski definition) is 1. The number of nitrogens with one attached hydrogen (secondary N) is 1. The average molecular weight is 273 g/mol. The number of aryl methyl sites for hydroxylation is 1. The van der Waals surface area contributed by atoms with E-state index < -0.39 is 0 Å². The van der Waals surface area contributed by atoms with Gasteiger partial charge in [-0.25, -0.2) is 0 Å². The van der Waals surface area contributed by atoms with Crippen molar-refractivity contribution in [3.8, 4) is 0 Å². The van der Waals surface area contributed by atoms with Crippen molar-refractivity contribution in [2.24, 2.45) is 11.3 Å². The average Bonchev–Trinajstić information content (AvgIpc) is 2.65. The molecule has 2 rings (SSSR count). The highest BCUT2D eigenvalue weighted by atomic mass is 14.9. The molecule has 1 aromatic rings. The van der Waals surface area contributed by atoms with Crippen molar-refractivity contribution in [3.63, 3.8) is 0 Å². The largest absolute Gasteiger partial charge is 0.382 e. The molecule has 0 bridgehead atoms. The van der Waals surface area contributed by atoms with Crippen LogP contribution in [-0.4, -0.2) is 6.04 Å². The monoisotopic (exact) mass is 273 g/mol. The third-order valence-corrected chi connectivity index (χ3v) is 4.71. The molecule has 0 radical (unpaired) electrons. The van der Waals surface area contributed by atoms with E-state index in [1.54, 1.807) is 0 Å². The van der Waals surface area contributed by atoms with Crippen molar-refractivity contribution >= 4 is 5.69 Å². The second kappa shape index (κ2) is 6.65. The Balaban J connectivity index is 1.87. The second-order valence-corrected chi connectivity index (χ2v) is 7.45. The van der Waals surface area contributed by atoms with Crippen LogP contribution in [0.3, 0.4) is 0 Å². The molecule has 0 aromatic heterocycles. The lowest BCUT2D eigenvalue weighted by molar-refractivity contribution is 0.366. The van der Waals surface area contributed by atoms with E-state index >= 15 is 0 Å². The summed E-state index contributed by atoms with van der Waals surface area (Å²) in [7, 11) is 0. The second-order valence-electron chi connectivity index (χ2n) is 7.45. The molecule has 112 valence electrons. The van der Waals surface area contributed by atoms with Gasteiger partial charge >= 0.3 is 0 Å². The van der Waals surface area contributed by atoms with Gasteiger partial charge in [-0.2, -0.15) is 0 Å². The van der Waals surface area contributed by atoms with Gasteiger partial charge in [0, 0.05) is 11.7 Å². The smallest absolute Gasteiger partial charge is 0.0342 e. The lowest BCUT2D eigenvalue weighted by Gasteiger charge is -2.20. The fraction of sp³-hybridized carbons (Fsp3) is 0.684. The van der Waals surface area contributed by atoms with Crippen LogP contribution in [0, 0.1) is 11.3 Å². The first-order valence-corrected chi connectivity index (χ1v) is 8.35. The van der Waals surface area contributed by atoms with Gasteiger partial charge in [0.15, 0.2) is 0 Å². The number of benzene rings is 1. The molecule has 0 spiro atoms. The SMILES string of the molecule is CCCCCc1ccc(NC2CC(C)(C)CC2C)cc1. The van der Waals surface area contributed by atoms with Crippen LogP contribution in [0.2, 0.25) is 0 Å². The van der Waals surface area contributed by atoms with Crippen LogP contribution in [0.4, 0.5) is 5.69 Å². The van der Waals surface area contributed by atoms with Crippen LogP contribution in [0.15, 0.2) is 24.3 Å². The fourth-order valence-electron chi connectivity index (χ4n) is 3.65. The van der Waals surface area contributed by atoms with Crippen LogP contribution in [0.5, 0.6) is 0 Å². The maximum Gasteiger partial charge on any atom is 0.0342 e. The van der Waals surface area contributed by atoms with Crippen LogP contribution in [-0.2, 0) is 6.42 Å². The van der Waals surface area contributed by atoms with E-state index in [9.17, 15) is 0 Å². The summed E-state index contributed by atoms with van der Waals surface area (Å²) in [6.45, 7) is 9.42. The van der Waals surface area contributed by atoms with Gasteiger partial charge in [0.05, 0.1) is 0 Å². The molecule has 1 saturated carbocycles. The standard InChI is InChI=1S/C19H31N/c1-5-6-7-8-16-9-11-17(12-10-16)20-18-14-19(3,4)13-15(18)2/h9-12,15,18,20H,5-8,13-14H2,1-4H3. The summed E-state index contributed by atoms with van der Waals surface area (Å²) >= 11 is 0. The van der Waals surface area contributed by atoms with Gasteiger partial charge in [0.1, 0.15) is 0 Å². The predicted molar refractivity (Wildman–Crippen MR) is 89.3 cm³/mol. The zero-order valence-electron chi connectivity index (χ0n) is 13.7. The van der Waals surface area contributed by atoms with Crippen molar-refractivity contribution in [2.75, 3.05) is 5.32 Å². The van der Waals surface area contributed by atoms with Gasteiger partial charge in [-0.15, -0.1) is 0 Å². The zero-order valence-corrected chi connectivity index (χ0v) is 13.7. The Labute approximate surface area is 125 Å². The molecule has 1 aliphatic carbocycles. The summed E-state index contributed by atoms with van der Waals surface area (Å²) in [5.41, 5.74) is 3.26. The lowest BCUT2D eigenvalue weighted by atomic mass is 9.91. The Hall–Kier alpha value is -0.980. The maximum absolute atomic E-state index is 3.74. The first kappa shape index (κ1) is 15.4. The van der Waals surface area contributed by atoms with E-state index in [4.69, 9.17) is 0 Å². The van der Waals surface area contributed by atoms with Crippen molar-refractivity contribution < 1.29 is 0 Å². The molecule has 20 heavy (non-hydrogen) atoms. The van der Waals surface area contributed by atoms with Gasteiger partial charge in [-0.1, -0.05) is 52.7 Å². The van der Waals surface area contributed by atoms with Gasteiger partial charge < -0.3 is 5.32 Å². The maximum atomic E-state index is 3.74. The molecule has 1 aliphatic rings. The topological polar surface area (TPSA) is 12.0 Å². The van der Waals surface area contributed by atoms with Crippen molar-refractivity contribution in [1.82, 2.24) is 0 Å². The normalized spacial score (nSPS) is 24.8. The predicted octanol–water partition coefficient (Wildman–Crippen LogP) is 5.66. The Morgan fingerprint density at radius 1 is 1.10 bits per heavy atom. The first-order valence-electron chi connectivity index (χ1n) is 8.35. The van der Waals surface area contributed by atoms with Gasteiger partial charge in [0.2, 0.25) is 0 Å². The summed E-state index contributed by atoms with van der Waals surface area (Å²) in [6, 6.07) is 9.75. The van der Waals surface area contributed by atoms with Crippen molar-refractivity contribution in [2.45, 2.75) is 72.3 Å². The third kappa shape index (κ3) is 4.26. The molecule has 2 atom stereocenters. The van der Waals surface area contributed by atoms with Crippen molar-refractivity contribution in [3.05, 3.63) is 29.8 Å². The lowest BCUT2D eigenvalue weighted by Crippen LogP contribution is -2.22. The summed E-state index contributed by atoms with van der Waals surface area (Å²) in [5.74, 6) is 0.772. The molecule has 0 saturated heterocycles.